The van der Waals surface area contributed by atoms with Crippen LogP contribution in [0.15, 0.2) is 71.6 Å². The summed E-state index contributed by atoms with van der Waals surface area (Å²) in [7, 11) is -2.26. The van der Waals surface area contributed by atoms with Crippen LogP contribution in [0.25, 0.3) is 11.1 Å². The Morgan fingerprint density at radius 2 is 1.69 bits per heavy atom. The Bertz CT molecular complexity index is 1820. The number of aromatic nitrogens is 2. The number of nitrogens with one attached hydrogen (secondary N) is 1. The molecule has 9 nitrogen and oxygen atoms in total. The van der Waals surface area contributed by atoms with Crippen LogP contribution < -0.4 is 14.8 Å². The van der Waals surface area contributed by atoms with E-state index in [0.717, 1.165) is 6.07 Å². The Labute approximate surface area is 263 Å². The molecule has 14 heteroatoms. The van der Waals surface area contributed by atoms with Crippen molar-refractivity contribution in [3.8, 4) is 22.6 Å². The van der Waals surface area contributed by atoms with Crippen molar-refractivity contribution in [3.05, 3.63) is 88.7 Å². The van der Waals surface area contributed by atoms with Gasteiger partial charge in [0.2, 0.25) is 10.0 Å². The molecule has 0 bridgehead atoms. The van der Waals surface area contributed by atoms with E-state index in [0.29, 0.717) is 46.7 Å². The molecule has 1 saturated heterocycles. The number of hydrogen-bond donors (Lipinski definition) is 1. The summed E-state index contributed by atoms with van der Waals surface area (Å²) in [6.45, 7) is 3.63. The van der Waals surface area contributed by atoms with Gasteiger partial charge in [0.05, 0.1) is 11.3 Å². The fourth-order valence-corrected chi connectivity index (χ4v) is 7.55. The molecule has 3 aromatic carbocycles. The number of rotatable bonds is 8. The van der Waals surface area contributed by atoms with Gasteiger partial charge in [-0.15, -0.1) is 13.2 Å². The standard InChI is InChI=1S/C31H30ClF3N4O5S/c1-19-16-25(44-31(33,34)35)18-26(27(19)21-8-5-4-6-9-21)30(40)36-22-10-7-11-24(17-22)43-23-12-14-39(15-13-23)45(41,42)28-20(2)37-38(3)29(28)32/h4-11,16-18,23H,12-15H2,1-3H3,(H,36,40). The highest BCUT2D eigenvalue weighted by atomic mass is 35.5. The van der Waals surface area contributed by atoms with Crippen molar-refractivity contribution >= 4 is 33.2 Å². The summed E-state index contributed by atoms with van der Waals surface area (Å²) >= 11 is 6.21. The minimum atomic E-state index is -4.93. The molecule has 45 heavy (non-hydrogen) atoms. The zero-order valence-corrected chi connectivity index (χ0v) is 26.1. The molecular formula is C31H30ClF3N4O5S. The maximum atomic E-state index is 13.5. The summed E-state index contributed by atoms with van der Waals surface area (Å²) in [5, 5.41) is 6.91. The zero-order valence-electron chi connectivity index (χ0n) is 24.6. The Kier molecular flexibility index (Phi) is 9.15. The summed E-state index contributed by atoms with van der Waals surface area (Å²) in [5.41, 5.74) is 2.25. The van der Waals surface area contributed by atoms with E-state index in [9.17, 15) is 26.4 Å². The number of carbonyl (C=O) groups excluding carboxylic acids is 1. The molecule has 0 unspecified atom stereocenters. The fraction of sp³-hybridized carbons (Fsp3) is 0.290. The van der Waals surface area contributed by atoms with Crippen LogP contribution in [0, 0.1) is 13.8 Å². The number of amides is 1. The third kappa shape index (κ3) is 7.26. The summed E-state index contributed by atoms with van der Waals surface area (Å²) in [4.78, 5) is 13.5. The molecule has 1 aromatic heterocycles. The van der Waals surface area contributed by atoms with Gasteiger partial charge in [-0.2, -0.15) is 9.40 Å². The maximum absolute atomic E-state index is 13.5. The first-order valence-electron chi connectivity index (χ1n) is 14.0. The summed E-state index contributed by atoms with van der Waals surface area (Å²) < 4.78 is 78.5. The SMILES string of the molecule is Cc1cc(OC(F)(F)F)cc(C(=O)Nc2cccc(OC3CCN(S(=O)(=O)c4c(C)nn(C)c4Cl)CC3)c2)c1-c1ccccc1. The van der Waals surface area contributed by atoms with Gasteiger partial charge in [0, 0.05) is 31.9 Å². The molecule has 5 rings (SSSR count). The van der Waals surface area contributed by atoms with Crippen molar-refractivity contribution in [1.29, 1.82) is 0 Å². The molecule has 0 saturated carbocycles. The Hall–Kier alpha value is -4.07. The number of sulfonamides is 1. The number of anilines is 1. The third-order valence-electron chi connectivity index (χ3n) is 7.34. The molecular weight excluding hydrogens is 633 g/mol. The second kappa shape index (κ2) is 12.7. The molecule has 1 N–H and O–H groups in total. The van der Waals surface area contributed by atoms with Gasteiger partial charge in [0.15, 0.2) is 0 Å². The normalized spacial score (nSPS) is 14.7. The molecule has 238 valence electrons. The molecule has 1 fully saturated rings. The number of halogens is 4. The van der Waals surface area contributed by atoms with Crippen molar-refractivity contribution in [2.24, 2.45) is 7.05 Å². The van der Waals surface area contributed by atoms with Crippen molar-refractivity contribution < 1.29 is 35.9 Å². The van der Waals surface area contributed by atoms with Crippen molar-refractivity contribution in [2.45, 2.75) is 44.1 Å². The molecule has 1 amide bonds. The first kappa shape index (κ1) is 32.3. The molecule has 0 aliphatic carbocycles. The van der Waals surface area contributed by atoms with Gasteiger partial charge in [-0.1, -0.05) is 48.0 Å². The summed E-state index contributed by atoms with van der Waals surface area (Å²) in [5.74, 6) is -0.699. The molecule has 1 aliphatic heterocycles. The van der Waals surface area contributed by atoms with Gasteiger partial charge in [-0.05, 0) is 67.6 Å². The quantitative estimate of drug-likeness (QED) is 0.224. The lowest BCUT2D eigenvalue weighted by molar-refractivity contribution is -0.274. The van der Waals surface area contributed by atoms with E-state index < -0.39 is 28.0 Å². The van der Waals surface area contributed by atoms with Crippen LogP contribution in [0.3, 0.4) is 0 Å². The number of piperidine rings is 1. The summed E-state index contributed by atoms with van der Waals surface area (Å²) in [6.07, 6.45) is -4.39. The van der Waals surface area contributed by atoms with E-state index in [-0.39, 0.29) is 34.8 Å². The van der Waals surface area contributed by atoms with Crippen LogP contribution in [0.2, 0.25) is 5.15 Å². The van der Waals surface area contributed by atoms with E-state index in [2.05, 4.69) is 15.2 Å². The lowest BCUT2D eigenvalue weighted by Gasteiger charge is -2.31. The average Bonchev–Trinajstić information content (AvgIpc) is 3.23. The molecule has 1 aliphatic rings. The summed E-state index contributed by atoms with van der Waals surface area (Å²) in [6, 6.07) is 17.8. The van der Waals surface area contributed by atoms with Crippen LogP contribution in [-0.2, 0) is 17.1 Å². The van der Waals surface area contributed by atoms with Gasteiger partial charge in [0.1, 0.15) is 27.7 Å². The van der Waals surface area contributed by atoms with Crippen LogP contribution in [0.5, 0.6) is 11.5 Å². The Morgan fingerprint density at radius 3 is 2.31 bits per heavy atom. The minimum Gasteiger partial charge on any atom is -0.490 e. The predicted molar refractivity (Wildman–Crippen MR) is 163 cm³/mol. The topological polar surface area (TPSA) is 103 Å². The van der Waals surface area contributed by atoms with Crippen LogP contribution >= 0.6 is 11.6 Å². The highest BCUT2D eigenvalue weighted by molar-refractivity contribution is 7.89. The second-order valence-corrected chi connectivity index (χ2v) is 12.8. The monoisotopic (exact) mass is 662 g/mol. The molecule has 4 aromatic rings. The highest BCUT2D eigenvalue weighted by Crippen LogP contribution is 2.35. The first-order valence-corrected chi connectivity index (χ1v) is 15.8. The van der Waals surface area contributed by atoms with Gasteiger partial charge in [-0.25, -0.2) is 8.42 Å². The van der Waals surface area contributed by atoms with E-state index in [1.807, 2.05) is 0 Å². The maximum Gasteiger partial charge on any atom is 0.573 e. The van der Waals surface area contributed by atoms with Gasteiger partial charge < -0.3 is 14.8 Å². The number of hydrogen-bond acceptors (Lipinski definition) is 6. The number of nitrogens with zero attached hydrogens (tertiary/aromatic N) is 3. The number of ether oxygens (including phenoxy) is 2. The van der Waals surface area contributed by atoms with E-state index >= 15 is 0 Å². The molecule has 0 radical (unpaired) electrons. The Balaban J connectivity index is 1.30. The van der Waals surface area contributed by atoms with Crippen LogP contribution in [0.4, 0.5) is 18.9 Å². The van der Waals surface area contributed by atoms with E-state index in [4.69, 9.17) is 16.3 Å². The third-order valence-corrected chi connectivity index (χ3v) is 9.94. The minimum absolute atomic E-state index is 0.00399. The van der Waals surface area contributed by atoms with E-state index in [1.165, 1.54) is 15.1 Å². The average molecular weight is 663 g/mol. The van der Waals surface area contributed by atoms with Gasteiger partial charge in [0.25, 0.3) is 5.91 Å². The van der Waals surface area contributed by atoms with Crippen LogP contribution in [0.1, 0.15) is 34.5 Å². The first-order chi connectivity index (χ1) is 21.2. The number of aryl methyl sites for hydroxylation is 3. The van der Waals surface area contributed by atoms with Gasteiger partial charge in [-0.3, -0.25) is 9.48 Å². The van der Waals surface area contributed by atoms with E-state index in [1.54, 1.807) is 75.5 Å². The number of benzene rings is 3. The molecule has 2 heterocycles. The van der Waals surface area contributed by atoms with Crippen molar-refractivity contribution in [1.82, 2.24) is 14.1 Å². The zero-order chi connectivity index (χ0) is 32.5. The molecule has 0 atom stereocenters. The van der Waals surface area contributed by atoms with Crippen LogP contribution in [-0.4, -0.2) is 54.0 Å². The van der Waals surface area contributed by atoms with Crippen molar-refractivity contribution in [2.75, 3.05) is 18.4 Å². The second-order valence-electron chi connectivity index (χ2n) is 10.6. The predicted octanol–water partition coefficient (Wildman–Crippen LogP) is 6.74. The lowest BCUT2D eigenvalue weighted by Crippen LogP contribution is -2.41. The Morgan fingerprint density at radius 1 is 1.00 bits per heavy atom. The van der Waals surface area contributed by atoms with Crippen molar-refractivity contribution in [3.63, 3.8) is 0 Å². The van der Waals surface area contributed by atoms with Gasteiger partial charge >= 0.3 is 6.36 Å². The number of alkyl halides is 3. The molecule has 0 spiro atoms. The largest absolute Gasteiger partial charge is 0.573 e. The lowest BCUT2D eigenvalue weighted by atomic mass is 9.94. The highest BCUT2D eigenvalue weighted by Gasteiger charge is 2.35. The smallest absolute Gasteiger partial charge is 0.490 e. The number of carbonyl (C=O) groups is 1. The fourth-order valence-electron chi connectivity index (χ4n) is 5.37.